The lowest BCUT2D eigenvalue weighted by Crippen LogP contribution is -2.21. The molecule has 7 nitrogen and oxygen atoms in total. The van der Waals surface area contributed by atoms with Crippen molar-refractivity contribution in [2.75, 3.05) is 13.1 Å². The molecule has 8 heteroatoms. The summed E-state index contributed by atoms with van der Waals surface area (Å²) in [6.07, 6.45) is 2.49. The molecule has 0 radical (unpaired) electrons. The molecule has 5 rings (SSSR count). The summed E-state index contributed by atoms with van der Waals surface area (Å²) in [5, 5.41) is 10.4. The van der Waals surface area contributed by atoms with E-state index in [1.807, 2.05) is 31.2 Å². The summed E-state index contributed by atoms with van der Waals surface area (Å²) >= 11 is 1.58. The molecule has 3 heterocycles. The monoisotopic (exact) mass is 446 g/mol. The fourth-order valence-electron chi connectivity index (χ4n) is 4.10. The smallest absolute Gasteiger partial charge is 0.258 e. The summed E-state index contributed by atoms with van der Waals surface area (Å²) in [4.78, 5) is 22.6. The Morgan fingerprint density at radius 1 is 1.00 bits per heavy atom. The van der Waals surface area contributed by atoms with Crippen LogP contribution in [0.3, 0.4) is 0 Å². The highest BCUT2D eigenvalue weighted by molar-refractivity contribution is 7.99. The van der Waals surface area contributed by atoms with Gasteiger partial charge in [-0.2, -0.15) is 0 Å². The van der Waals surface area contributed by atoms with Crippen molar-refractivity contribution in [2.45, 2.75) is 43.3 Å². The Bertz CT molecular complexity index is 1260. The number of fused-ring (bicyclic) bond motifs is 1. The van der Waals surface area contributed by atoms with Gasteiger partial charge in [-0.15, -0.1) is 10.2 Å². The number of para-hydroxylation sites is 1. The van der Waals surface area contributed by atoms with Crippen LogP contribution < -0.4 is 5.56 Å². The number of thioether (sulfide) groups is 1. The predicted molar refractivity (Wildman–Crippen MR) is 127 cm³/mol. The van der Waals surface area contributed by atoms with E-state index in [0.717, 1.165) is 30.6 Å². The van der Waals surface area contributed by atoms with Gasteiger partial charge in [-0.3, -0.25) is 9.69 Å². The fourth-order valence-corrected chi connectivity index (χ4v) is 5.02. The van der Waals surface area contributed by atoms with E-state index in [4.69, 9.17) is 4.98 Å². The van der Waals surface area contributed by atoms with Crippen LogP contribution in [-0.2, 0) is 13.1 Å². The normalized spacial score (nSPS) is 15.4. The molecule has 0 amide bonds. The van der Waals surface area contributed by atoms with E-state index in [2.05, 4.69) is 48.9 Å². The van der Waals surface area contributed by atoms with Crippen molar-refractivity contribution >= 4 is 22.7 Å². The summed E-state index contributed by atoms with van der Waals surface area (Å²) in [5.41, 5.74) is 1.81. The largest absolute Gasteiger partial charge is 0.309 e. The van der Waals surface area contributed by atoms with Crippen molar-refractivity contribution in [2.24, 2.45) is 0 Å². The molecule has 164 valence electrons. The van der Waals surface area contributed by atoms with Crippen LogP contribution in [0, 0.1) is 0 Å². The number of nitrogens with one attached hydrogen (secondary N) is 1. The van der Waals surface area contributed by atoms with Crippen LogP contribution in [0.5, 0.6) is 0 Å². The average molecular weight is 447 g/mol. The van der Waals surface area contributed by atoms with Crippen molar-refractivity contribution in [3.63, 3.8) is 0 Å². The number of hydrogen-bond donors (Lipinski definition) is 1. The molecule has 1 aliphatic rings. The van der Waals surface area contributed by atoms with Crippen molar-refractivity contribution in [3.05, 3.63) is 82.2 Å². The Morgan fingerprint density at radius 3 is 2.56 bits per heavy atom. The highest BCUT2D eigenvalue weighted by Crippen LogP contribution is 2.33. The Hall–Kier alpha value is -2.97. The fraction of sp³-hybridized carbons (Fsp3) is 0.333. The van der Waals surface area contributed by atoms with Crippen molar-refractivity contribution < 1.29 is 0 Å². The molecule has 1 saturated heterocycles. The Labute approximate surface area is 190 Å². The van der Waals surface area contributed by atoms with Crippen molar-refractivity contribution in [1.29, 1.82) is 0 Å². The molecule has 0 unspecified atom stereocenters. The maximum absolute atomic E-state index is 12.5. The van der Waals surface area contributed by atoms with Crippen LogP contribution >= 0.6 is 11.8 Å². The average Bonchev–Trinajstić information content (AvgIpc) is 3.46. The van der Waals surface area contributed by atoms with E-state index in [-0.39, 0.29) is 10.8 Å². The van der Waals surface area contributed by atoms with Gasteiger partial charge in [0.05, 0.1) is 29.2 Å². The summed E-state index contributed by atoms with van der Waals surface area (Å²) < 4.78 is 2.20. The third-order valence-corrected chi connectivity index (χ3v) is 6.93. The van der Waals surface area contributed by atoms with Crippen LogP contribution in [0.25, 0.3) is 10.9 Å². The number of benzene rings is 2. The van der Waals surface area contributed by atoms with E-state index in [1.54, 1.807) is 17.8 Å². The predicted octanol–water partition coefficient (Wildman–Crippen LogP) is 4.01. The van der Waals surface area contributed by atoms with Gasteiger partial charge in [-0.25, -0.2) is 4.98 Å². The molecular formula is C24H26N6OS. The first-order valence-electron chi connectivity index (χ1n) is 11.0. The number of H-pyrrole nitrogens is 1. The van der Waals surface area contributed by atoms with Gasteiger partial charge in [-0.1, -0.05) is 54.2 Å². The third-order valence-electron chi connectivity index (χ3n) is 5.84. The Kier molecular flexibility index (Phi) is 6.05. The van der Waals surface area contributed by atoms with Gasteiger partial charge in [0.2, 0.25) is 0 Å². The second-order valence-electron chi connectivity index (χ2n) is 8.18. The molecule has 1 aliphatic heterocycles. The minimum absolute atomic E-state index is 0.0781. The second kappa shape index (κ2) is 9.26. The van der Waals surface area contributed by atoms with Gasteiger partial charge < -0.3 is 9.55 Å². The van der Waals surface area contributed by atoms with E-state index < -0.39 is 0 Å². The quantitative estimate of drug-likeness (QED) is 0.432. The first-order valence-corrected chi connectivity index (χ1v) is 11.9. The van der Waals surface area contributed by atoms with Crippen LogP contribution in [0.1, 0.15) is 42.2 Å². The van der Waals surface area contributed by atoms with Crippen LogP contribution in [0.4, 0.5) is 0 Å². The van der Waals surface area contributed by atoms with Crippen LogP contribution in [0.2, 0.25) is 0 Å². The van der Waals surface area contributed by atoms with Crippen molar-refractivity contribution in [3.8, 4) is 0 Å². The van der Waals surface area contributed by atoms with Gasteiger partial charge in [0.15, 0.2) is 5.16 Å². The van der Waals surface area contributed by atoms with E-state index in [9.17, 15) is 4.79 Å². The number of aromatic amines is 1. The van der Waals surface area contributed by atoms with Gasteiger partial charge >= 0.3 is 0 Å². The maximum atomic E-state index is 12.5. The SMILES string of the molecule is C[C@H](Sc1nnc(CN2CCCC2)n1Cc1ccccc1)c1nc2ccccc2c(=O)[nH]1. The lowest BCUT2D eigenvalue weighted by molar-refractivity contribution is 0.316. The second-order valence-corrected chi connectivity index (χ2v) is 9.49. The standard InChI is InChI=1S/C24H26N6OS/c1-17(22-25-20-12-6-5-11-19(20)23(31)26-22)32-24-28-27-21(16-29-13-7-8-14-29)30(24)15-18-9-3-2-4-10-18/h2-6,9-12,17H,7-8,13-16H2,1H3,(H,25,26,31)/t17-/m0/s1. The third kappa shape index (κ3) is 4.47. The molecule has 4 aromatic rings. The number of nitrogens with zero attached hydrogens (tertiary/aromatic N) is 5. The highest BCUT2D eigenvalue weighted by Gasteiger charge is 2.21. The molecule has 0 spiro atoms. The molecule has 2 aromatic carbocycles. The lowest BCUT2D eigenvalue weighted by atomic mass is 10.2. The summed E-state index contributed by atoms with van der Waals surface area (Å²) in [6, 6.07) is 17.8. The number of hydrogen-bond acceptors (Lipinski definition) is 6. The lowest BCUT2D eigenvalue weighted by Gasteiger charge is -2.17. The van der Waals surface area contributed by atoms with E-state index >= 15 is 0 Å². The van der Waals surface area contributed by atoms with E-state index in [0.29, 0.717) is 23.3 Å². The molecule has 32 heavy (non-hydrogen) atoms. The topological polar surface area (TPSA) is 79.7 Å². The van der Waals surface area contributed by atoms with E-state index in [1.165, 1.54) is 18.4 Å². The van der Waals surface area contributed by atoms with Gasteiger partial charge in [0.1, 0.15) is 11.6 Å². The molecule has 0 aliphatic carbocycles. The van der Waals surface area contributed by atoms with Crippen LogP contribution in [0.15, 0.2) is 64.5 Å². The molecule has 0 bridgehead atoms. The zero-order valence-corrected chi connectivity index (χ0v) is 18.9. The number of likely N-dealkylation sites (tertiary alicyclic amines) is 1. The zero-order valence-electron chi connectivity index (χ0n) is 18.1. The van der Waals surface area contributed by atoms with Gasteiger partial charge in [0.25, 0.3) is 5.56 Å². The molecule has 1 fully saturated rings. The first-order chi connectivity index (χ1) is 15.7. The molecule has 1 N–H and O–H groups in total. The summed E-state index contributed by atoms with van der Waals surface area (Å²) in [5.74, 6) is 1.62. The minimum atomic E-state index is -0.112. The van der Waals surface area contributed by atoms with Gasteiger partial charge in [-0.05, 0) is 50.6 Å². The molecule has 1 atom stereocenters. The Morgan fingerprint density at radius 2 is 1.75 bits per heavy atom. The highest BCUT2D eigenvalue weighted by atomic mass is 32.2. The molecule has 0 saturated carbocycles. The maximum Gasteiger partial charge on any atom is 0.258 e. The molecule has 2 aromatic heterocycles. The number of aromatic nitrogens is 5. The van der Waals surface area contributed by atoms with Crippen molar-refractivity contribution in [1.82, 2.24) is 29.6 Å². The zero-order chi connectivity index (χ0) is 21.9. The van der Waals surface area contributed by atoms with Gasteiger partial charge in [0, 0.05) is 0 Å². The minimum Gasteiger partial charge on any atom is -0.309 e. The molecular weight excluding hydrogens is 420 g/mol. The summed E-state index contributed by atoms with van der Waals surface area (Å²) in [6.45, 7) is 5.78. The first kappa shape index (κ1) is 20.9. The summed E-state index contributed by atoms with van der Waals surface area (Å²) in [7, 11) is 0. The number of rotatable bonds is 7. The Balaban J connectivity index is 1.44. The van der Waals surface area contributed by atoms with Crippen LogP contribution in [-0.4, -0.2) is 42.7 Å².